The molecule has 1 aromatic carbocycles. The SMILES string of the molecule is CCn1c(=O)n(CC(=O)c2cc(C)n(-c3nccs3)c2C)c2ccccc21. The summed E-state index contributed by atoms with van der Waals surface area (Å²) in [5, 5.41) is 2.75. The first kappa shape index (κ1) is 17.5. The standard InChI is InChI=1S/C20H20N4O2S/c1-4-22-16-7-5-6-8-17(16)23(20(22)26)12-18(25)15-11-13(2)24(14(15)3)19-21-9-10-27-19/h5-11H,4,12H2,1-3H3. The van der Waals surface area contributed by atoms with Crippen LogP contribution in [0, 0.1) is 13.8 Å². The zero-order chi connectivity index (χ0) is 19.1. The second-order valence-corrected chi connectivity index (χ2v) is 7.33. The Kier molecular flexibility index (Phi) is 4.31. The van der Waals surface area contributed by atoms with E-state index in [0.717, 1.165) is 27.6 Å². The third-order valence-electron chi connectivity index (χ3n) is 4.89. The number of aryl methyl sites for hydroxylation is 2. The molecule has 0 fully saturated rings. The maximum absolute atomic E-state index is 13.1. The van der Waals surface area contributed by atoms with Crippen LogP contribution in [0.3, 0.4) is 0 Å². The number of para-hydroxylation sites is 2. The molecule has 7 heteroatoms. The van der Waals surface area contributed by atoms with Gasteiger partial charge in [-0.15, -0.1) is 11.3 Å². The van der Waals surface area contributed by atoms with Crippen LogP contribution in [-0.4, -0.2) is 24.5 Å². The summed E-state index contributed by atoms with van der Waals surface area (Å²) in [4.78, 5) is 30.2. The normalized spacial score (nSPS) is 11.4. The second-order valence-electron chi connectivity index (χ2n) is 6.46. The van der Waals surface area contributed by atoms with E-state index in [1.807, 2.05) is 61.1 Å². The molecule has 0 saturated heterocycles. The van der Waals surface area contributed by atoms with Gasteiger partial charge in [0.25, 0.3) is 0 Å². The van der Waals surface area contributed by atoms with Crippen LogP contribution in [0.25, 0.3) is 16.2 Å². The lowest BCUT2D eigenvalue weighted by atomic mass is 10.1. The van der Waals surface area contributed by atoms with E-state index in [1.165, 1.54) is 11.3 Å². The molecule has 0 aliphatic heterocycles. The van der Waals surface area contributed by atoms with Crippen LogP contribution in [-0.2, 0) is 13.1 Å². The van der Waals surface area contributed by atoms with Gasteiger partial charge in [-0.05, 0) is 39.0 Å². The Morgan fingerprint density at radius 1 is 1.15 bits per heavy atom. The molecule has 0 saturated carbocycles. The van der Waals surface area contributed by atoms with Gasteiger partial charge in [0.2, 0.25) is 0 Å². The quantitative estimate of drug-likeness (QED) is 0.497. The van der Waals surface area contributed by atoms with E-state index in [-0.39, 0.29) is 18.0 Å². The Hall–Kier alpha value is -2.93. The van der Waals surface area contributed by atoms with Crippen molar-refractivity contribution in [2.75, 3.05) is 0 Å². The summed E-state index contributed by atoms with van der Waals surface area (Å²) < 4.78 is 5.24. The molecule has 3 aromatic heterocycles. The molecule has 138 valence electrons. The van der Waals surface area contributed by atoms with Gasteiger partial charge in [-0.2, -0.15) is 0 Å². The van der Waals surface area contributed by atoms with E-state index < -0.39 is 0 Å². The van der Waals surface area contributed by atoms with Gasteiger partial charge in [0.05, 0.1) is 17.6 Å². The molecule has 6 nitrogen and oxygen atoms in total. The van der Waals surface area contributed by atoms with Crippen LogP contribution in [0.5, 0.6) is 0 Å². The number of nitrogens with zero attached hydrogens (tertiary/aromatic N) is 4. The number of ketones is 1. The first-order valence-corrected chi connectivity index (χ1v) is 9.71. The van der Waals surface area contributed by atoms with E-state index in [2.05, 4.69) is 4.98 Å². The van der Waals surface area contributed by atoms with Gasteiger partial charge in [-0.25, -0.2) is 9.78 Å². The summed E-state index contributed by atoms with van der Waals surface area (Å²) in [6.07, 6.45) is 1.75. The topological polar surface area (TPSA) is 61.8 Å². The van der Waals surface area contributed by atoms with Crippen LogP contribution in [0.4, 0.5) is 0 Å². The van der Waals surface area contributed by atoms with E-state index in [4.69, 9.17) is 0 Å². The van der Waals surface area contributed by atoms with Gasteiger partial charge in [-0.3, -0.25) is 18.5 Å². The van der Waals surface area contributed by atoms with Gasteiger partial charge in [0.1, 0.15) is 0 Å². The third kappa shape index (κ3) is 2.75. The van der Waals surface area contributed by atoms with E-state index in [0.29, 0.717) is 12.1 Å². The van der Waals surface area contributed by atoms with Crippen molar-refractivity contribution >= 4 is 28.2 Å². The number of rotatable bonds is 5. The first-order valence-electron chi connectivity index (χ1n) is 8.83. The number of benzene rings is 1. The monoisotopic (exact) mass is 380 g/mol. The highest BCUT2D eigenvalue weighted by Gasteiger charge is 2.20. The first-order chi connectivity index (χ1) is 13.0. The average molecular weight is 380 g/mol. The minimum Gasteiger partial charge on any atom is -0.294 e. The summed E-state index contributed by atoms with van der Waals surface area (Å²) in [5.74, 6) is -0.0768. The number of thiazole rings is 1. The van der Waals surface area contributed by atoms with Crippen molar-refractivity contribution in [2.45, 2.75) is 33.9 Å². The molecule has 0 aliphatic rings. The Bertz CT molecular complexity index is 1190. The van der Waals surface area contributed by atoms with E-state index >= 15 is 0 Å². The summed E-state index contributed by atoms with van der Waals surface area (Å²) in [6, 6.07) is 9.46. The number of fused-ring (bicyclic) bond motifs is 1. The molecule has 0 atom stereocenters. The zero-order valence-corrected chi connectivity index (χ0v) is 16.3. The summed E-state index contributed by atoms with van der Waals surface area (Å²) in [5.41, 5.74) is 3.91. The summed E-state index contributed by atoms with van der Waals surface area (Å²) in [7, 11) is 0. The number of carbonyl (C=O) groups excluding carboxylic acids is 1. The van der Waals surface area contributed by atoms with Crippen molar-refractivity contribution in [3.8, 4) is 5.13 Å². The highest BCUT2D eigenvalue weighted by molar-refractivity contribution is 7.12. The lowest BCUT2D eigenvalue weighted by Crippen LogP contribution is -2.26. The highest BCUT2D eigenvalue weighted by Crippen LogP contribution is 2.23. The minimum absolute atomic E-state index is 0.0223. The van der Waals surface area contributed by atoms with Crippen molar-refractivity contribution in [3.63, 3.8) is 0 Å². The number of hydrogen-bond donors (Lipinski definition) is 0. The Labute approximate surface area is 160 Å². The molecular formula is C20H20N4O2S. The fraction of sp³-hybridized carbons (Fsp3) is 0.250. The maximum Gasteiger partial charge on any atom is 0.329 e. The molecule has 0 N–H and O–H groups in total. The smallest absolute Gasteiger partial charge is 0.294 e. The summed E-state index contributed by atoms with van der Waals surface area (Å²) in [6.45, 7) is 6.40. The zero-order valence-electron chi connectivity index (χ0n) is 15.5. The fourth-order valence-electron chi connectivity index (χ4n) is 3.63. The number of aromatic nitrogens is 4. The Morgan fingerprint density at radius 2 is 1.85 bits per heavy atom. The highest BCUT2D eigenvalue weighted by atomic mass is 32.1. The van der Waals surface area contributed by atoms with Crippen molar-refractivity contribution in [3.05, 3.63) is 69.3 Å². The lowest BCUT2D eigenvalue weighted by molar-refractivity contribution is 0.0971. The van der Waals surface area contributed by atoms with Crippen LogP contribution in [0.15, 0.2) is 46.7 Å². The van der Waals surface area contributed by atoms with Gasteiger partial charge in [0.15, 0.2) is 10.9 Å². The third-order valence-corrected chi connectivity index (χ3v) is 5.64. The van der Waals surface area contributed by atoms with Crippen molar-refractivity contribution < 1.29 is 4.79 Å². The van der Waals surface area contributed by atoms with Crippen LogP contribution < -0.4 is 5.69 Å². The minimum atomic E-state index is -0.152. The summed E-state index contributed by atoms with van der Waals surface area (Å²) >= 11 is 1.53. The van der Waals surface area contributed by atoms with Crippen molar-refractivity contribution in [2.24, 2.45) is 0 Å². The van der Waals surface area contributed by atoms with Gasteiger partial charge >= 0.3 is 5.69 Å². The number of hydrogen-bond acceptors (Lipinski definition) is 4. The second kappa shape index (κ2) is 6.66. The number of Topliss-reactive ketones (excluding diaryl/α,β-unsaturated/α-hetero) is 1. The Morgan fingerprint density at radius 3 is 2.48 bits per heavy atom. The average Bonchev–Trinajstić information content (AvgIpc) is 3.34. The lowest BCUT2D eigenvalue weighted by Gasteiger charge is -2.06. The molecule has 4 aromatic rings. The molecule has 4 rings (SSSR count). The van der Waals surface area contributed by atoms with Gasteiger partial charge < -0.3 is 0 Å². The van der Waals surface area contributed by atoms with Crippen LogP contribution in [0.2, 0.25) is 0 Å². The Balaban J connectivity index is 1.77. The molecule has 0 spiro atoms. The molecular weight excluding hydrogens is 360 g/mol. The molecule has 0 amide bonds. The number of carbonyl (C=O) groups is 1. The fourth-order valence-corrected chi connectivity index (χ4v) is 4.38. The maximum atomic E-state index is 13.1. The molecule has 0 radical (unpaired) electrons. The predicted octanol–water partition coefficient (Wildman–Crippen LogP) is 3.57. The number of imidazole rings is 1. The van der Waals surface area contributed by atoms with Crippen molar-refractivity contribution in [1.29, 1.82) is 0 Å². The van der Waals surface area contributed by atoms with Crippen molar-refractivity contribution in [1.82, 2.24) is 18.7 Å². The molecule has 0 bridgehead atoms. The van der Waals surface area contributed by atoms with Crippen LogP contribution >= 0.6 is 11.3 Å². The van der Waals surface area contributed by atoms with Gasteiger partial charge in [0, 0.05) is 35.1 Å². The van der Waals surface area contributed by atoms with Gasteiger partial charge in [-0.1, -0.05) is 12.1 Å². The van der Waals surface area contributed by atoms with E-state index in [9.17, 15) is 9.59 Å². The largest absolute Gasteiger partial charge is 0.329 e. The van der Waals surface area contributed by atoms with Crippen LogP contribution in [0.1, 0.15) is 28.7 Å². The molecule has 0 unspecified atom stereocenters. The molecule has 27 heavy (non-hydrogen) atoms. The van der Waals surface area contributed by atoms with E-state index in [1.54, 1.807) is 15.3 Å². The molecule has 0 aliphatic carbocycles. The predicted molar refractivity (Wildman–Crippen MR) is 107 cm³/mol. The molecule has 3 heterocycles.